The number of hydrogen-bond donors (Lipinski definition) is 0. The first-order chi connectivity index (χ1) is 9.63. The first-order valence-electron chi connectivity index (χ1n) is 5.95. The molecule has 0 N–H and O–H groups in total. The Morgan fingerprint density at radius 3 is 2.90 bits per heavy atom. The third-order valence-corrected chi connectivity index (χ3v) is 2.87. The fraction of sp³-hybridized carbons (Fsp3) is 0.308. The fourth-order valence-corrected chi connectivity index (χ4v) is 1.69. The highest BCUT2D eigenvalue weighted by atomic mass is 35.5. The quantitative estimate of drug-likeness (QED) is 0.273. The number of nitrogens with zero attached hydrogens (tertiary/aromatic N) is 3. The van der Waals surface area contributed by atoms with Gasteiger partial charge in [-0.05, 0) is 42.6 Å². The van der Waals surface area contributed by atoms with Crippen LogP contribution in [0.1, 0.15) is 18.4 Å². The van der Waals surface area contributed by atoms with Gasteiger partial charge in [-0.3, -0.25) is 0 Å². The summed E-state index contributed by atoms with van der Waals surface area (Å²) in [7, 11) is 1.21. The number of ether oxygens (including phenoxy) is 2. The molecule has 6 nitrogen and oxygen atoms in total. The van der Waals surface area contributed by atoms with Crippen LogP contribution in [0.5, 0.6) is 5.75 Å². The van der Waals surface area contributed by atoms with Gasteiger partial charge in [-0.2, -0.15) is 0 Å². The van der Waals surface area contributed by atoms with Gasteiger partial charge in [0.15, 0.2) is 0 Å². The molecule has 1 aliphatic rings. The Balaban J connectivity index is 2.38. The van der Waals surface area contributed by atoms with E-state index in [9.17, 15) is 4.79 Å². The number of benzene rings is 1. The molecule has 0 heterocycles. The monoisotopic (exact) mass is 293 g/mol. The Hall–Kier alpha value is -2.17. The number of azide groups is 1. The summed E-state index contributed by atoms with van der Waals surface area (Å²) in [5.74, 6) is -0.162. The SMILES string of the molecule is COC(=O)C(=Cc1ccc(Cl)cc1OC1CC1)N=[N+]=[N-]. The van der Waals surface area contributed by atoms with Crippen molar-refractivity contribution in [2.24, 2.45) is 5.11 Å². The van der Waals surface area contributed by atoms with E-state index in [4.69, 9.17) is 21.9 Å². The molecule has 0 amide bonds. The molecule has 1 saturated carbocycles. The third-order valence-electron chi connectivity index (χ3n) is 2.63. The highest BCUT2D eigenvalue weighted by molar-refractivity contribution is 6.30. The van der Waals surface area contributed by atoms with E-state index >= 15 is 0 Å². The van der Waals surface area contributed by atoms with Crippen LogP contribution in [0.3, 0.4) is 0 Å². The van der Waals surface area contributed by atoms with Crippen molar-refractivity contribution < 1.29 is 14.3 Å². The third kappa shape index (κ3) is 3.66. The van der Waals surface area contributed by atoms with Crippen LogP contribution in [-0.2, 0) is 9.53 Å². The second-order valence-electron chi connectivity index (χ2n) is 4.21. The highest BCUT2D eigenvalue weighted by Crippen LogP contribution is 2.32. The molecular weight excluding hydrogens is 282 g/mol. The maximum Gasteiger partial charge on any atom is 0.340 e. The van der Waals surface area contributed by atoms with Crippen molar-refractivity contribution in [1.82, 2.24) is 0 Å². The lowest BCUT2D eigenvalue weighted by molar-refractivity contribution is -0.136. The van der Waals surface area contributed by atoms with E-state index in [1.54, 1.807) is 18.2 Å². The molecular formula is C13H12ClN3O3. The van der Waals surface area contributed by atoms with Crippen LogP contribution in [0.25, 0.3) is 16.5 Å². The van der Waals surface area contributed by atoms with Crippen molar-refractivity contribution in [1.29, 1.82) is 0 Å². The summed E-state index contributed by atoms with van der Waals surface area (Å²) in [4.78, 5) is 14.1. The van der Waals surface area contributed by atoms with Gasteiger partial charge in [0.1, 0.15) is 11.4 Å². The lowest BCUT2D eigenvalue weighted by Gasteiger charge is -2.09. The van der Waals surface area contributed by atoms with E-state index in [-0.39, 0.29) is 11.8 Å². The summed E-state index contributed by atoms with van der Waals surface area (Å²) in [6.07, 6.45) is 3.59. The summed E-state index contributed by atoms with van der Waals surface area (Å²) >= 11 is 5.93. The molecule has 0 aromatic heterocycles. The second kappa shape index (κ2) is 6.32. The lowest BCUT2D eigenvalue weighted by atomic mass is 10.1. The number of rotatable bonds is 5. The van der Waals surface area contributed by atoms with Crippen LogP contribution in [0.4, 0.5) is 0 Å². The van der Waals surface area contributed by atoms with Gasteiger partial charge in [-0.25, -0.2) is 4.79 Å². The topological polar surface area (TPSA) is 84.3 Å². The lowest BCUT2D eigenvalue weighted by Crippen LogP contribution is -2.03. The van der Waals surface area contributed by atoms with Crippen LogP contribution in [0, 0.1) is 0 Å². The maximum absolute atomic E-state index is 11.5. The molecule has 1 aromatic carbocycles. The average Bonchev–Trinajstić information content (AvgIpc) is 3.24. The van der Waals surface area contributed by atoms with Gasteiger partial charge < -0.3 is 9.47 Å². The Labute approximate surface area is 120 Å². The first-order valence-corrected chi connectivity index (χ1v) is 6.33. The van der Waals surface area contributed by atoms with Crippen molar-refractivity contribution in [3.63, 3.8) is 0 Å². The number of carbonyl (C=O) groups excluding carboxylic acids is 1. The Bertz CT molecular complexity index is 605. The summed E-state index contributed by atoms with van der Waals surface area (Å²) in [6, 6.07) is 5.02. The summed E-state index contributed by atoms with van der Waals surface area (Å²) in [5.41, 5.74) is 8.95. The predicted octanol–water partition coefficient (Wildman–Crippen LogP) is 3.71. The molecule has 7 heteroatoms. The molecule has 0 radical (unpaired) electrons. The van der Waals surface area contributed by atoms with Gasteiger partial charge >= 0.3 is 5.97 Å². The number of carbonyl (C=O) groups is 1. The minimum Gasteiger partial charge on any atom is -0.490 e. The molecule has 1 fully saturated rings. The molecule has 2 rings (SSSR count). The van der Waals surface area contributed by atoms with Crippen molar-refractivity contribution in [3.05, 3.63) is 44.9 Å². The Kier molecular flexibility index (Phi) is 4.50. The molecule has 1 aromatic rings. The molecule has 0 atom stereocenters. The average molecular weight is 294 g/mol. The highest BCUT2D eigenvalue weighted by Gasteiger charge is 2.24. The molecule has 1 aliphatic carbocycles. The summed E-state index contributed by atoms with van der Waals surface area (Å²) in [6.45, 7) is 0. The normalized spacial score (nSPS) is 14.4. The van der Waals surface area contributed by atoms with Crippen LogP contribution in [0.15, 0.2) is 29.0 Å². The number of hydrogen-bond acceptors (Lipinski definition) is 4. The van der Waals surface area contributed by atoms with Crippen LogP contribution in [0.2, 0.25) is 5.02 Å². The van der Waals surface area contributed by atoms with E-state index in [1.165, 1.54) is 13.2 Å². The molecule has 0 aliphatic heterocycles. The van der Waals surface area contributed by atoms with Gasteiger partial charge in [0.2, 0.25) is 0 Å². The van der Waals surface area contributed by atoms with Crippen LogP contribution in [-0.4, -0.2) is 19.2 Å². The summed E-state index contributed by atoms with van der Waals surface area (Å²) < 4.78 is 10.3. The first kappa shape index (κ1) is 14.2. The molecule has 104 valence electrons. The van der Waals surface area contributed by atoms with Gasteiger partial charge in [0, 0.05) is 15.5 Å². The van der Waals surface area contributed by atoms with Crippen molar-refractivity contribution in [2.45, 2.75) is 18.9 Å². The van der Waals surface area contributed by atoms with Crippen molar-refractivity contribution in [3.8, 4) is 5.75 Å². The number of halogens is 1. The molecule has 0 spiro atoms. The van der Waals surface area contributed by atoms with Crippen molar-refractivity contribution >= 4 is 23.6 Å². The van der Waals surface area contributed by atoms with Gasteiger partial charge in [0.25, 0.3) is 0 Å². The van der Waals surface area contributed by atoms with Gasteiger partial charge in [-0.15, -0.1) is 0 Å². The minimum atomic E-state index is -0.713. The molecule has 20 heavy (non-hydrogen) atoms. The predicted molar refractivity (Wildman–Crippen MR) is 74.2 cm³/mol. The van der Waals surface area contributed by atoms with Crippen LogP contribution < -0.4 is 4.74 Å². The van der Waals surface area contributed by atoms with Crippen molar-refractivity contribution in [2.75, 3.05) is 7.11 Å². The molecule has 0 unspecified atom stereocenters. The van der Waals surface area contributed by atoms with E-state index in [1.807, 2.05) is 0 Å². The van der Waals surface area contributed by atoms with E-state index in [0.717, 1.165) is 12.8 Å². The fourth-order valence-electron chi connectivity index (χ4n) is 1.52. The van der Waals surface area contributed by atoms with Gasteiger partial charge in [0.05, 0.1) is 13.2 Å². The Morgan fingerprint density at radius 2 is 2.30 bits per heavy atom. The van der Waals surface area contributed by atoms with Crippen LogP contribution >= 0.6 is 11.6 Å². The van der Waals surface area contributed by atoms with E-state index in [2.05, 4.69) is 14.8 Å². The zero-order chi connectivity index (χ0) is 14.5. The largest absolute Gasteiger partial charge is 0.490 e. The smallest absolute Gasteiger partial charge is 0.340 e. The molecule has 0 saturated heterocycles. The minimum absolute atomic E-state index is 0.141. The number of methoxy groups -OCH3 is 1. The van der Waals surface area contributed by atoms with Gasteiger partial charge in [-0.1, -0.05) is 16.7 Å². The second-order valence-corrected chi connectivity index (χ2v) is 4.65. The van der Waals surface area contributed by atoms with E-state index in [0.29, 0.717) is 16.3 Å². The number of esters is 1. The zero-order valence-corrected chi connectivity index (χ0v) is 11.5. The zero-order valence-electron chi connectivity index (χ0n) is 10.7. The van der Waals surface area contributed by atoms with E-state index < -0.39 is 5.97 Å². The standard InChI is InChI=1S/C13H12ClN3O3/c1-19-13(18)11(16-17-15)6-8-2-3-9(14)7-12(8)20-10-4-5-10/h2-3,6-7,10H,4-5H2,1H3. The summed E-state index contributed by atoms with van der Waals surface area (Å²) in [5, 5.41) is 3.86. The maximum atomic E-state index is 11.5. The molecule has 0 bridgehead atoms. The Morgan fingerprint density at radius 1 is 1.55 bits per heavy atom.